The number of nitrogens with zero attached hydrogens (tertiary/aromatic N) is 3. The number of aromatic carboxylic acids is 1. The molecule has 0 aliphatic carbocycles. The maximum atomic E-state index is 13.6. The maximum Gasteiger partial charge on any atom is 0.410 e. The lowest BCUT2D eigenvalue weighted by Gasteiger charge is -2.30. The van der Waals surface area contributed by atoms with Crippen molar-refractivity contribution in [1.29, 1.82) is 0 Å². The SMILES string of the molecule is Cc1nc2c(c(-c3ccc(Cl)cc3Cl)c1C(=O)O)C(=O)N(CC1CCCN1C(=O)OC(C)(C)C)C2. The van der Waals surface area contributed by atoms with E-state index in [1.165, 1.54) is 6.07 Å². The second-order valence-electron chi connectivity index (χ2n) is 9.85. The van der Waals surface area contributed by atoms with Crippen molar-refractivity contribution in [1.82, 2.24) is 14.8 Å². The number of aromatic nitrogens is 1. The van der Waals surface area contributed by atoms with Crippen LogP contribution in [0.15, 0.2) is 18.2 Å². The van der Waals surface area contributed by atoms with Crippen molar-refractivity contribution in [2.75, 3.05) is 13.1 Å². The third kappa shape index (κ3) is 4.95. The summed E-state index contributed by atoms with van der Waals surface area (Å²) in [7, 11) is 0. The standard InChI is InChI=1S/C25H27Cl2N3O5/c1-13-19(23(32)33)20(16-8-7-14(26)10-17(16)27)21-18(28-13)12-29(22(21)31)11-15-6-5-9-30(15)24(34)35-25(2,3)4/h7-8,10,15H,5-6,9,11-12H2,1-4H3,(H,32,33). The lowest BCUT2D eigenvalue weighted by molar-refractivity contribution is 0.0192. The van der Waals surface area contributed by atoms with E-state index in [-0.39, 0.29) is 40.2 Å². The molecule has 2 aliphatic heterocycles. The molecule has 2 aromatic rings. The summed E-state index contributed by atoms with van der Waals surface area (Å²) in [5.74, 6) is -1.54. The number of fused-ring (bicyclic) bond motifs is 1. The van der Waals surface area contributed by atoms with E-state index in [1.54, 1.807) is 28.9 Å². The molecule has 8 nitrogen and oxygen atoms in total. The highest BCUT2D eigenvalue weighted by Gasteiger charge is 2.40. The molecule has 35 heavy (non-hydrogen) atoms. The number of likely N-dealkylation sites (tertiary alicyclic amines) is 1. The van der Waals surface area contributed by atoms with E-state index in [1.807, 2.05) is 20.8 Å². The van der Waals surface area contributed by atoms with Crippen molar-refractivity contribution in [2.24, 2.45) is 0 Å². The average molecular weight is 520 g/mol. The molecule has 0 saturated carbocycles. The number of hydrogen-bond acceptors (Lipinski definition) is 5. The summed E-state index contributed by atoms with van der Waals surface area (Å²) >= 11 is 12.5. The van der Waals surface area contributed by atoms with Crippen LogP contribution in [0, 0.1) is 6.92 Å². The zero-order valence-corrected chi connectivity index (χ0v) is 21.5. The van der Waals surface area contributed by atoms with Crippen molar-refractivity contribution in [3.8, 4) is 11.1 Å². The molecule has 1 saturated heterocycles. The van der Waals surface area contributed by atoms with E-state index >= 15 is 0 Å². The molecule has 1 fully saturated rings. The van der Waals surface area contributed by atoms with Gasteiger partial charge in [-0.15, -0.1) is 0 Å². The zero-order chi connectivity index (χ0) is 25.7. The second-order valence-corrected chi connectivity index (χ2v) is 10.7. The summed E-state index contributed by atoms with van der Waals surface area (Å²) in [6, 6.07) is 4.53. The van der Waals surface area contributed by atoms with Gasteiger partial charge >= 0.3 is 12.1 Å². The molecule has 1 atom stereocenters. The largest absolute Gasteiger partial charge is 0.478 e. The Balaban J connectivity index is 1.70. The van der Waals surface area contributed by atoms with Gasteiger partial charge in [0.1, 0.15) is 5.60 Å². The molecule has 1 N–H and O–H groups in total. The lowest BCUT2D eigenvalue weighted by atomic mass is 9.93. The van der Waals surface area contributed by atoms with Crippen LogP contribution in [0.1, 0.15) is 65.7 Å². The van der Waals surface area contributed by atoms with E-state index in [0.29, 0.717) is 35.1 Å². The summed E-state index contributed by atoms with van der Waals surface area (Å²) < 4.78 is 5.54. The Morgan fingerprint density at radius 3 is 2.57 bits per heavy atom. The predicted molar refractivity (Wildman–Crippen MR) is 132 cm³/mol. The molecule has 0 radical (unpaired) electrons. The van der Waals surface area contributed by atoms with Crippen LogP contribution in [-0.4, -0.2) is 62.6 Å². The number of aryl methyl sites for hydroxylation is 1. The molecule has 0 bridgehead atoms. The minimum atomic E-state index is -1.20. The highest BCUT2D eigenvalue weighted by Crippen LogP contribution is 2.40. The molecule has 1 unspecified atom stereocenters. The van der Waals surface area contributed by atoms with Crippen LogP contribution in [0.4, 0.5) is 4.79 Å². The van der Waals surface area contributed by atoms with Gasteiger partial charge in [0.15, 0.2) is 0 Å². The summed E-state index contributed by atoms with van der Waals surface area (Å²) in [5.41, 5.74) is 0.957. The smallest absolute Gasteiger partial charge is 0.410 e. The average Bonchev–Trinajstić information content (AvgIpc) is 3.31. The molecule has 1 aromatic carbocycles. The first-order valence-electron chi connectivity index (χ1n) is 11.4. The number of carboxylic acid groups (broad SMARTS) is 1. The first-order valence-corrected chi connectivity index (χ1v) is 12.1. The van der Waals surface area contributed by atoms with Gasteiger partial charge in [-0.2, -0.15) is 0 Å². The molecule has 3 heterocycles. The van der Waals surface area contributed by atoms with Crippen LogP contribution in [0.2, 0.25) is 10.0 Å². The first kappa shape index (κ1) is 25.3. The molecule has 4 rings (SSSR count). The quantitative estimate of drug-likeness (QED) is 0.578. The number of carbonyl (C=O) groups is 3. The Morgan fingerprint density at radius 2 is 1.94 bits per heavy atom. The highest BCUT2D eigenvalue weighted by molar-refractivity contribution is 6.37. The van der Waals surface area contributed by atoms with Gasteiger partial charge in [-0.25, -0.2) is 9.59 Å². The molecule has 2 amide bonds. The van der Waals surface area contributed by atoms with Crippen molar-refractivity contribution in [3.63, 3.8) is 0 Å². The summed E-state index contributed by atoms with van der Waals surface area (Å²) in [5, 5.41) is 10.6. The topological polar surface area (TPSA) is 100 Å². The molecule has 2 aliphatic rings. The van der Waals surface area contributed by atoms with E-state index in [9.17, 15) is 19.5 Å². The summed E-state index contributed by atoms with van der Waals surface area (Å²) in [6.07, 6.45) is 1.15. The van der Waals surface area contributed by atoms with Crippen LogP contribution >= 0.6 is 23.2 Å². The van der Waals surface area contributed by atoms with Gasteiger partial charge in [-0.1, -0.05) is 29.3 Å². The summed E-state index contributed by atoms with van der Waals surface area (Å²) in [6.45, 7) is 8.11. The van der Waals surface area contributed by atoms with Gasteiger partial charge in [0.25, 0.3) is 5.91 Å². The Morgan fingerprint density at radius 1 is 1.23 bits per heavy atom. The van der Waals surface area contributed by atoms with Crippen LogP contribution in [-0.2, 0) is 11.3 Å². The Labute approximate surface area is 213 Å². The number of benzene rings is 1. The normalized spacial score (nSPS) is 17.7. The zero-order valence-electron chi connectivity index (χ0n) is 20.0. The minimum Gasteiger partial charge on any atom is -0.478 e. The maximum absolute atomic E-state index is 13.6. The van der Waals surface area contributed by atoms with Gasteiger partial charge in [0, 0.05) is 34.3 Å². The Bertz CT molecular complexity index is 1220. The van der Waals surface area contributed by atoms with Gasteiger partial charge in [-0.05, 0) is 52.7 Å². The molecule has 186 valence electrons. The summed E-state index contributed by atoms with van der Waals surface area (Å²) in [4.78, 5) is 46.3. The third-order valence-corrected chi connectivity index (χ3v) is 6.69. The number of halogens is 2. The monoisotopic (exact) mass is 519 g/mol. The van der Waals surface area contributed by atoms with E-state index in [2.05, 4.69) is 4.98 Å². The number of rotatable bonds is 4. The van der Waals surface area contributed by atoms with Crippen LogP contribution in [0.5, 0.6) is 0 Å². The second kappa shape index (κ2) is 9.32. The first-order chi connectivity index (χ1) is 16.4. The van der Waals surface area contributed by atoms with Crippen molar-refractivity contribution in [3.05, 3.63) is 50.8 Å². The number of amides is 2. The van der Waals surface area contributed by atoms with Crippen LogP contribution in [0.25, 0.3) is 11.1 Å². The number of ether oxygens (including phenoxy) is 1. The molecule has 0 spiro atoms. The number of pyridine rings is 1. The van der Waals surface area contributed by atoms with E-state index < -0.39 is 17.7 Å². The number of carbonyl (C=O) groups excluding carboxylic acids is 2. The fourth-order valence-electron chi connectivity index (χ4n) is 4.73. The molecular formula is C25H27Cl2N3O5. The van der Waals surface area contributed by atoms with Gasteiger partial charge in [0.05, 0.1) is 35.1 Å². The van der Waals surface area contributed by atoms with E-state index in [4.69, 9.17) is 27.9 Å². The fourth-order valence-corrected chi connectivity index (χ4v) is 5.23. The highest BCUT2D eigenvalue weighted by atomic mass is 35.5. The lowest BCUT2D eigenvalue weighted by Crippen LogP contribution is -2.45. The van der Waals surface area contributed by atoms with Crippen LogP contribution < -0.4 is 0 Å². The number of carboxylic acids is 1. The van der Waals surface area contributed by atoms with Crippen molar-refractivity contribution >= 4 is 41.2 Å². The third-order valence-electron chi connectivity index (χ3n) is 6.15. The van der Waals surface area contributed by atoms with E-state index in [0.717, 1.165) is 12.8 Å². The fraction of sp³-hybridized carbons (Fsp3) is 0.440. The Kier molecular flexibility index (Phi) is 6.72. The molecule has 10 heteroatoms. The van der Waals surface area contributed by atoms with Gasteiger partial charge < -0.3 is 19.6 Å². The van der Waals surface area contributed by atoms with Crippen molar-refractivity contribution < 1.29 is 24.2 Å². The Hall–Kier alpha value is -2.84. The van der Waals surface area contributed by atoms with Crippen molar-refractivity contribution in [2.45, 2.75) is 58.7 Å². The number of hydrogen-bond donors (Lipinski definition) is 1. The van der Waals surface area contributed by atoms with Crippen LogP contribution in [0.3, 0.4) is 0 Å². The molecule has 1 aromatic heterocycles. The minimum absolute atomic E-state index is 0.0700. The molecular weight excluding hydrogens is 493 g/mol. The van der Waals surface area contributed by atoms with Gasteiger partial charge in [-0.3, -0.25) is 9.78 Å². The van der Waals surface area contributed by atoms with Gasteiger partial charge in [0.2, 0.25) is 0 Å². The predicted octanol–water partition coefficient (Wildman–Crippen LogP) is 5.42.